The summed E-state index contributed by atoms with van der Waals surface area (Å²) in [5, 5.41) is 0.571. The van der Waals surface area contributed by atoms with Gasteiger partial charge in [-0.15, -0.1) is 0 Å². The largest absolute Gasteiger partial charge is 0.469 e. The number of ketones is 1. The van der Waals surface area contributed by atoms with Gasteiger partial charge in [-0.1, -0.05) is 11.6 Å². The molecule has 80 valence electrons. The van der Waals surface area contributed by atoms with E-state index >= 15 is 0 Å². The van der Waals surface area contributed by atoms with Gasteiger partial charge in [-0.3, -0.25) is 9.59 Å². The van der Waals surface area contributed by atoms with E-state index in [4.69, 9.17) is 11.6 Å². The van der Waals surface area contributed by atoms with Gasteiger partial charge < -0.3 is 4.74 Å². The molecule has 0 amide bonds. The Hall–Kier alpha value is -1.35. The molecule has 1 aromatic carbocycles. The van der Waals surface area contributed by atoms with E-state index in [1.54, 1.807) is 25.1 Å². The van der Waals surface area contributed by atoms with E-state index in [2.05, 4.69) is 4.74 Å². The molecule has 1 aromatic rings. The average Bonchev–Trinajstić information content (AvgIpc) is 2.17. The minimum Gasteiger partial charge on any atom is -0.469 e. The lowest BCUT2D eigenvalue weighted by atomic mass is 10.0. The Labute approximate surface area is 93.0 Å². The number of hydrogen-bond acceptors (Lipinski definition) is 3. The minimum absolute atomic E-state index is 0.237. The van der Waals surface area contributed by atoms with Crippen molar-refractivity contribution in [3.05, 3.63) is 34.3 Å². The second kappa shape index (κ2) is 4.94. The first-order valence-electron chi connectivity index (χ1n) is 4.40. The highest BCUT2D eigenvalue weighted by Crippen LogP contribution is 2.16. The summed E-state index contributed by atoms with van der Waals surface area (Å²) in [6.07, 6.45) is -0.237. The van der Waals surface area contributed by atoms with E-state index in [0.29, 0.717) is 10.6 Å². The first-order chi connectivity index (χ1) is 7.04. The van der Waals surface area contributed by atoms with Gasteiger partial charge in [-0.05, 0) is 30.7 Å². The first-order valence-corrected chi connectivity index (χ1v) is 4.78. The number of Topliss-reactive ketones (excluding diaryl/α,β-unsaturated/α-hetero) is 1. The van der Waals surface area contributed by atoms with Gasteiger partial charge in [0.25, 0.3) is 0 Å². The van der Waals surface area contributed by atoms with Gasteiger partial charge in [-0.2, -0.15) is 0 Å². The summed E-state index contributed by atoms with van der Waals surface area (Å²) in [6, 6.07) is 4.92. The zero-order valence-corrected chi connectivity index (χ0v) is 9.30. The van der Waals surface area contributed by atoms with Gasteiger partial charge >= 0.3 is 5.97 Å². The van der Waals surface area contributed by atoms with Crippen molar-refractivity contribution in [2.24, 2.45) is 0 Å². The Balaban J connectivity index is 2.87. The quantitative estimate of drug-likeness (QED) is 0.452. The standard InChI is InChI=1S/C11H11ClO3/c1-7-5-8(12)3-4-9(7)10(13)6-11(14)15-2/h3-5H,6H2,1-2H3. The summed E-state index contributed by atoms with van der Waals surface area (Å²) in [4.78, 5) is 22.5. The van der Waals surface area contributed by atoms with Gasteiger partial charge in [0.15, 0.2) is 5.78 Å². The van der Waals surface area contributed by atoms with Gasteiger partial charge in [0.1, 0.15) is 6.42 Å². The van der Waals surface area contributed by atoms with Crippen molar-refractivity contribution < 1.29 is 14.3 Å². The molecular formula is C11H11ClO3. The summed E-state index contributed by atoms with van der Waals surface area (Å²) in [5.41, 5.74) is 1.27. The van der Waals surface area contributed by atoms with Crippen molar-refractivity contribution in [1.29, 1.82) is 0 Å². The van der Waals surface area contributed by atoms with E-state index in [-0.39, 0.29) is 12.2 Å². The Bertz CT molecular complexity index is 399. The fraction of sp³-hybridized carbons (Fsp3) is 0.273. The van der Waals surface area contributed by atoms with Gasteiger partial charge in [-0.25, -0.2) is 0 Å². The van der Waals surface area contributed by atoms with Crippen molar-refractivity contribution >= 4 is 23.4 Å². The molecule has 0 aliphatic rings. The van der Waals surface area contributed by atoms with Crippen molar-refractivity contribution in [1.82, 2.24) is 0 Å². The van der Waals surface area contributed by atoms with Crippen LogP contribution < -0.4 is 0 Å². The number of ether oxygens (including phenoxy) is 1. The molecule has 0 aliphatic carbocycles. The molecule has 0 saturated carbocycles. The van der Waals surface area contributed by atoms with E-state index < -0.39 is 5.97 Å². The average molecular weight is 227 g/mol. The van der Waals surface area contributed by atoms with Crippen LogP contribution in [-0.2, 0) is 9.53 Å². The van der Waals surface area contributed by atoms with Gasteiger partial charge in [0, 0.05) is 10.6 Å². The van der Waals surface area contributed by atoms with Crippen molar-refractivity contribution in [3.63, 3.8) is 0 Å². The molecular weight excluding hydrogens is 216 g/mol. The highest BCUT2D eigenvalue weighted by atomic mass is 35.5. The van der Waals surface area contributed by atoms with Crippen LogP contribution >= 0.6 is 11.6 Å². The smallest absolute Gasteiger partial charge is 0.313 e. The number of halogens is 1. The summed E-state index contributed by atoms with van der Waals surface area (Å²) in [7, 11) is 1.25. The molecule has 0 aromatic heterocycles. The van der Waals surface area contributed by atoms with E-state index in [0.717, 1.165) is 5.56 Å². The molecule has 0 saturated heterocycles. The lowest BCUT2D eigenvalue weighted by Crippen LogP contribution is -2.10. The predicted octanol–water partition coefficient (Wildman–Crippen LogP) is 2.39. The molecule has 0 N–H and O–H groups in total. The second-order valence-electron chi connectivity index (χ2n) is 3.14. The Morgan fingerprint density at radius 1 is 1.40 bits per heavy atom. The van der Waals surface area contributed by atoms with E-state index in [9.17, 15) is 9.59 Å². The number of methoxy groups -OCH3 is 1. The lowest BCUT2D eigenvalue weighted by Gasteiger charge is -2.04. The number of rotatable bonds is 3. The molecule has 3 nitrogen and oxygen atoms in total. The zero-order valence-electron chi connectivity index (χ0n) is 8.54. The monoisotopic (exact) mass is 226 g/mol. The number of esters is 1. The highest BCUT2D eigenvalue weighted by molar-refractivity contribution is 6.30. The van der Waals surface area contributed by atoms with Crippen molar-refractivity contribution in [2.75, 3.05) is 7.11 Å². The zero-order chi connectivity index (χ0) is 11.4. The summed E-state index contributed by atoms with van der Waals surface area (Å²) >= 11 is 5.75. The fourth-order valence-electron chi connectivity index (χ4n) is 1.24. The molecule has 0 spiro atoms. The second-order valence-corrected chi connectivity index (χ2v) is 3.57. The third-order valence-corrected chi connectivity index (χ3v) is 2.26. The van der Waals surface area contributed by atoms with Crippen LogP contribution in [0, 0.1) is 6.92 Å². The molecule has 4 heteroatoms. The van der Waals surface area contributed by atoms with Crippen LogP contribution in [0.4, 0.5) is 0 Å². The van der Waals surface area contributed by atoms with Crippen molar-refractivity contribution in [2.45, 2.75) is 13.3 Å². The highest BCUT2D eigenvalue weighted by Gasteiger charge is 2.13. The summed E-state index contributed by atoms with van der Waals surface area (Å²) in [6.45, 7) is 1.77. The van der Waals surface area contributed by atoms with E-state index in [1.165, 1.54) is 7.11 Å². The minimum atomic E-state index is -0.533. The van der Waals surface area contributed by atoms with Crippen LogP contribution in [0.2, 0.25) is 5.02 Å². The molecule has 1 rings (SSSR count). The van der Waals surface area contributed by atoms with E-state index in [1.807, 2.05) is 0 Å². The Morgan fingerprint density at radius 3 is 2.60 bits per heavy atom. The number of aryl methyl sites for hydroxylation is 1. The molecule has 0 bridgehead atoms. The third-order valence-electron chi connectivity index (χ3n) is 2.02. The normalized spacial score (nSPS) is 9.80. The molecule has 0 aliphatic heterocycles. The van der Waals surface area contributed by atoms with Gasteiger partial charge in [0.2, 0.25) is 0 Å². The molecule has 0 unspecified atom stereocenters. The van der Waals surface area contributed by atoms with Crippen LogP contribution in [0.1, 0.15) is 22.3 Å². The van der Waals surface area contributed by atoms with Crippen LogP contribution in [-0.4, -0.2) is 18.9 Å². The number of carbonyl (C=O) groups excluding carboxylic acids is 2. The SMILES string of the molecule is COC(=O)CC(=O)c1ccc(Cl)cc1C. The fourth-order valence-corrected chi connectivity index (χ4v) is 1.47. The molecule has 15 heavy (non-hydrogen) atoms. The Kier molecular flexibility index (Phi) is 3.86. The summed E-state index contributed by atoms with van der Waals surface area (Å²) in [5.74, 6) is -0.787. The number of hydrogen-bond donors (Lipinski definition) is 0. The van der Waals surface area contributed by atoms with Gasteiger partial charge in [0.05, 0.1) is 7.11 Å². The van der Waals surface area contributed by atoms with Crippen molar-refractivity contribution in [3.8, 4) is 0 Å². The summed E-state index contributed by atoms with van der Waals surface area (Å²) < 4.78 is 4.42. The molecule has 0 radical (unpaired) electrons. The third kappa shape index (κ3) is 3.06. The lowest BCUT2D eigenvalue weighted by molar-refractivity contribution is -0.139. The molecule has 0 fully saturated rings. The molecule has 0 heterocycles. The topological polar surface area (TPSA) is 43.4 Å². The van der Waals surface area contributed by atoms with Crippen LogP contribution in [0.25, 0.3) is 0 Å². The Morgan fingerprint density at radius 2 is 2.07 bits per heavy atom. The maximum Gasteiger partial charge on any atom is 0.313 e. The maximum atomic E-state index is 11.6. The first kappa shape index (κ1) is 11.7. The maximum absolute atomic E-state index is 11.6. The van der Waals surface area contributed by atoms with Crippen LogP contribution in [0.5, 0.6) is 0 Å². The number of benzene rings is 1. The molecule has 0 atom stereocenters. The van der Waals surface area contributed by atoms with Crippen LogP contribution in [0.3, 0.4) is 0 Å². The van der Waals surface area contributed by atoms with Crippen LogP contribution in [0.15, 0.2) is 18.2 Å². The number of carbonyl (C=O) groups is 2. The predicted molar refractivity (Wildman–Crippen MR) is 57.2 cm³/mol.